The van der Waals surface area contributed by atoms with Crippen molar-refractivity contribution in [2.24, 2.45) is 5.41 Å². The molecule has 1 N–H and O–H groups in total. The largest absolute Gasteiger partial charge is 0.383 e. The predicted octanol–water partition coefficient (Wildman–Crippen LogP) is 3.51. The van der Waals surface area contributed by atoms with Gasteiger partial charge in [-0.2, -0.15) is 0 Å². The molecule has 1 heterocycles. The number of rotatable bonds is 5. The lowest BCUT2D eigenvalue weighted by atomic mass is 9.83. The average Bonchev–Trinajstić information content (AvgIpc) is 3.14. The van der Waals surface area contributed by atoms with Gasteiger partial charge < -0.3 is 5.32 Å². The van der Waals surface area contributed by atoms with Crippen LogP contribution in [0.25, 0.3) is 11.0 Å². The van der Waals surface area contributed by atoms with Crippen molar-refractivity contribution in [3.63, 3.8) is 0 Å². The van der Waals surface area contributed by atoms with Crippen LogP contribution in [0.1, 0.15) is 39.0 Å². The Morgan fingerprint density at radius 3 is 2.71 bits per heavy atom. The lowest BCUT2D eigenvalue weighted by Crippen LogP contribution is -2.25. The van der Waals surface area contributed by atoms with Gasteiger partial charge in [0.1, 0.15) is 0 Å². The highest BCUT2D eigenvalue weighted by Gasteiger charge is 2.32. The highest BCUT2D eigenvalue weighted by molar-refractivity contribution is 5.93. The Kier molecular flexibility index (Phi) is 3.48. The van der Waals surface area contributed by atoms with Crippen molar-refractivity contribution in [2.75, 3.05) is 11.9 Å². The van der Waals surface area contributed by atoms with Gasteiger partial charge in [-0.3, -0.25) is 10.1 Å². The van der Waals surface area contributed by atoms with E-state index in [4.69, 9.17) is 0 Å². The van der Waals surface area contributed by atoms with Crippen molar-refractivity contribution in [2.45, 2.75) is 39.0 Å². The van der Waals surface area contributed by atoms with Gasteiger partial charge >= 0.3 is 5.69 Å². The highest BCUT2D eigenvalue weighted by Crippen LogP contribution is 2.41. The first-order chi connectivity index (χ1) is 10.2. The lowest BCUT2D eigenvalue weighted by molar-refractivity contribution is -0.383. The Hall–Kier alpha value is -2.18. The van der Waals surface area contributed by atoms with Gasteiger partial charge in [0.15, 0.2) is 5.52 Å². The molecule has 1 aromatic heterocycles. The third-order valence-corrected chi connectivity index (χ3v) is 4.66. The number of hydrogen-bond donors (Lipinski definition) is 1. The van der Waals surface area contributed by atoms with Crippen molar-refractivity contribution in [3.8, 4) is 0 Å². The fourth-order valence-corrected chi connectivity index (χ4v) is 3.21. The maximum absolute atomic E-state index is 11.0. The van der Waals surface area contributed by atoms with Gasteiger partial charge in [0, 0.05) is 12.6 Å². The fraction of sp³-hybridized carbons (Fsp3) is 0.571. The van der Waals surface area contributed by atoms with Crippen LogP contribution in [-0.4, -0.2) is 21.8 Å². The number of fused-ring (bicyclic) bond motifs is 1. The number of nitrogens with one attached hydrogen (secondary N) is 1. The molecular weight excluding hydrogens is 272 g/mol. The molecule has 2 aromatic rings. The highest BCUT2D eigenvalue weighted by atomic mass is 16.6. The summed E-state index contributed by atoms with van der Waals surface area (Å²) in [5, 5.41) is 21.8. The Labute approximate surface area is 121 Å². The molecule has 0 radical (unpaired) electrons. The standard InChI is InChI=1S/C14H18N4O3/c1-2-14(7-3-4-8-14)9-15-10-5-6-11(18(19)20)13-12(10)16-21-17-13/h5-6,15H,2-4,7-9H2,1H3. The van der Waals surface area contributed by atoms with Gasteiger partial charge in [-0.25, -0.2) is 4.63 Å². The van der Waals surface area contributed by atoms with Crippen LogP contribution in [0, 0.1) is 15.5 Å². The first-order valence-corrected chi connectivity index (χ1v) is 7.29. The maximum atomic E-state index is 11.0. The summed E-state index contributed by atoms with van der Waals surface area (Å²) in [6.45, 7) is 3.07. The number of hydrogen-bond acceptors (Lipinski definition) is 6. The van der Waals surface area contributed by atoms with Gasteiger partial charge in [-0.15, -0.1) is 0 Å². The summed E-state index contributed by atoms with van der Waals surface area (Å²) in [4.78, 5) is 10.5. The molecule has 1 aromatic carbocycles. The normalized spacial score (nSPS) is 17.2. The van der Waals surface area contributed by atoms with Gasteiger partial charge in [0.2, 0.25) is 5.52 Å². The molecule has 0 unspecified atom stereocenters. The van der Waals surface area contributed by atoms with Crippen molar-refractivity contribution in [3.05, 3.63) is 22.2 Å². The molecule has 3 rings (SSSR count). The summed E-state index contributed by atoms with van der Waals surface area (Å²) in [6.07, 6.45) is 6.13. The quantitative estimate of drug-likeness (QED) is 0.668. The zero-order valence-corrected chi connectivity index (χ0v) is 12.0. The zero-order valence-electron chi connectivity index (χ0n) is 12.0. The van der Waals surface area contributed by atoms with E-state index in [0.717, 1.165) is 18.7 Å². The molecule has 0 aliphatic heterocycles. The van der Waals surface area contributed by atoms with Crippen LogP contribution in [-0.2, 0) is 0 Å². The molecule has 7 nitrogen and oxygen atoms in total. The molecule has 0 bridgehead atoms. The number of nitro benzene ring substituents is 1. The van der Waals surface area contributed by atoms with E-state index in [1.165, 1.54) is 31.7 Å². The minimum absolute atomic E-state index is 0.0807. The first kappa shape index (κ1) is 13.8. The average molecular weight is 290 g/mol. The maximum Gasteiger partial charge on any atom is 0.300 e. The minimum atomic E-state index is -0.471. The number of nitro groups is 1. The lowest BCUT2D eigenvalue weighted by Gasteiger charge is -2.28. The van der Waals surface area contributed by atoms with E-state index in [1.807, 2.05) is 0 Å². The Morgan fingerprint density at radius 1 is 1.33 bits per heavy atom. The van der Waals surface area contributed by atoms with Crippen LogP contribution < -0.4 is 5.32 Å². The second kappa shape index (κ2) is 5.31. The number of anilines is 1. The molecule has 1 saturated carbocycles. The second-order valence-corrected chi connectivity index (χ2v) is 5.77. The number of benzene rings is 1. The van der Waals surface area contributed by atoms with Gasteiger partial charge in [0.05, 0.1) is 10.6 Å². The van der Waals surface area contributed by atoms with Crippen LogP contribution in [0.5, 0.6) is 0 Å². The van der Waals surface area contributed by atoms with Crippen LogP contribution >= 0.6 is 0 Å². The Bertz CT molecular complexity index is 661. The van der Waals surface area contributed by atoms with Crippen molar-refractivity contribution in [1.29, 1.82) is 0 Å². The zero-order chi connectivity index (χ0) is 14.9. The van der Waals surface area contributed by atoms with E-state index in [1.54, 1.807) is 6.07 Å². The monoisotopic (exact) mass is 290 g/mol. The van der Waals surface area contributed by atoms with Crippen LogP contribution in [0.2, 0.25) is 0 Å². The molecule has 112 valence electrons. The van der Waals surface area contributed by atoms with Crippen LogP contribution in [0.15, 0.2) is 16.8 Å². The summed E-state index contributed by atoms with van der Waals surface area (Å²) in [5.41, 5.74) is 1.61. The second-order valence-electron chi connectivity index (χ2n) is 5.77. The molecule has 0 atom stereocenters. The molecule has 0 spiro atoms. The molecule has 7 heteroatoms. The molecule has 21 heavy (non-hydrogen) atoms. The molecule has 1 aliphatic carbocycles. The SMILES string of the molecule is CCC1(CNc2ccc([N+](=O)[O-])c3nonc23)CCCC1. The topological polar surface area (TPSA) is 94.1 Å². The van der Waals surface area contributed by atoms with Crippen molar-refractivity contribution < 1.29 is 9.55 Å². The van der Waals surface area contributed by atoms with E-state index < -0.39 is 4.92 Å². The minimum Gasteiger partial charge on any atom is -0.383 e. The number of nitrogens with zero attached hydrogens (tertiary/aromatic N) is 3. The van der Waals surface area contributed by atoms with Gasteiger partial charge in [-0.1, -0.05) is 19.8 Å². The Morgan fingerprint density at radius 2 is 2.05 bits per heavy atom. The Balaban J connectivity index is 1.86. The van der Waals surface area contributed by atoms with Crippen LogP contribution in [0.4, 0.5) is 11.4 Å². The van der Waals surface area contributed by atoms with E-state index in [9.17, 15) is 10.1 Å². The summed E-state index contributed by atoms with van der Waals surface area (Å²) < 4.78 is 4.68. The van der Waals surface area contributed by atoms with E-state index in [2.05, 4.69) is 27.2 Å². The molecule has 1 aliphatic rings. The molecule has 0 saturated heterocycles. The summed E-state index contributed by atoms with van der Waals surface area (Å²) in [5.74, 6) is 0. The third kappa shape index (κ3) is 2.43. The molecule has 0 amide bonds. The van der Waals surface area contributed by atoms with Crippen molar-refractivity contribution in [1.82, 2.24) is 10.3 Å². The number of aromatic nitrogens is 2. The molecule has 1 fully saturated rings. The first-order valence-electron chi connectivity index (χ1n) is 7.29. The van der Waals surface area contributed by atoms with E-state index in [0.29, 0.717) is 10.9 Å². The summed E-state index contributed by atoms with van der Waals surface area (Å²) in [7, 11) is 0. The van der Waals surface area contributed by atoms with Gasteiger partial charge in [0.25, 0.3) is 0 Å². The summed E-state index contributed by atoms with van der Waals surface area (Å²) >= 11 is 0. The number of non-ortho nitro benzene ring substituents is 1. The van der Waals surface area contributed by atoms with Crippen molar-refractivity contribution >= 4 is 22.4 Å². The fourth-order valence-electron chi connectivity index (χ4n) is 3.21. The molecular formula is C14H18N4O3. The van der Waals surface area contributed by atoms with Gasteiger partial charge in [-0.05, 0) is 41.1 Å². The van der Waals surface area contributed by atoms with E-state index >= 15 is 0 Å². The third-order valence-electron chi connectivity index (χ3n) is 4.66. The van der Waals surface area contributed by atoms with Crippen LogP contribution in [0.3, 0.4) is 0 Å². The smallest absolute Gasteiger partial charge is 0.300 e. The predicted molar refractivity (Wildman–Crippen MR) is 78.1 cm³/mol. The van der Waals surface area contributed by atoms with E-state index in [-0.39, 0.29) is 11.2 Å². The summed E-state index contributed by atoms with van der Waals surface area (Å²) in [6, 6.07) is 3.13.